The summed E-state index contributed by atoms with van der Waals surface area (Å²) >= 11 is 0. The first kappa shape index (κ1) is 39.7. The van der Waals surface area contributed by atoms with Gasteiger partial charge in [0, 0.05) is 45.7 Å². The molecule has 1 aromatic carbocycles. The maximum absolute atomic E-state index is 13.1. The first-order chi connectivity index (χ1) is 18.0. The van der Waals surface area contributed by atoms with Gasteiger partial charge in [-0.25, -0.2) is 0 Å². The number of fused-ring (bicyclic) bond motifs is 1. The summed E-state index contributed by atoms with van der Waals surface area (Å²) in [5.74, 6) is 2.83. The molecule has 2 aliphatic rings. The molecule has 1 fully saturated rings. The van der Waals surface area contributed by atoms with Crippen molar-refractivity contribution in [3.05, 3.63) is 90.8 Å². The molecule has 0 aromatic heterocycles. The Kier molecular flexibility index (Phi) is 18.2. The first-order valence-electron chi connectivity index (χ1n) is 14.0. The molecule has 219 valence electrons. The SMILES string of the molecule is COCCN(CCOC)Cc1cc(C(C)(C)C)cc(C(C)(C)C)c1[O-].[CH2-][Si](C)(C)C.[CH]1[CH][C]2C=CC=C[C]2[CH]1.[Y+3]. The molecular weight excluding hydrogens is 587 g/mol. The van der Waals surface area contributed by atoms with Gasteiger partial charge < -0.3 is 21.1 Å². The fraction of sp³-hybridized carbons (Fsp3) is 0.529. The molecule has 0 unspecified atom stereocenters. The number of hydrogen-bond acceptors (Lipinski definition) is 4. The van der Waals surface area contributed by atoms with E-state index in [1.165, 1.54) is 17.4 Å². The van der Waals surface area contributed by atoms with Crippen molar-refractivity contribution in [2.75, 3.05) is 40.5 Å². The monoisotopic (exact) mass is 641 g/mol. The van der Waals surface area contributed by atoms with Crippen LogP contribution in [0, 0.1) is 37.6 Å². The Morgan fingerprint density at radius 2 is 1.27 bits per heavy atom. The Labute approximate surface area is 274 Å². The fourth-order valence-corrected chi connectivity index (χ4v) is 3.82. The van der Waals surface area contributed by atoms with Crippen molar-refractivity contribution in [1.29, 1.82) is 0 Å². The molecule has 0 aliphatic heterocycles. The predicted molar refractivity (Wildman–Crippen MR) is 169 cm³/mol. The van der Waals surface area contributed by atoms with E-state index in [0.717, 1.165) is 24.2 Å². The molecule has 40 heavy (non-hydrogen) atoms. The van der Waals surface area contributed by atoms with Crippen molar-refractivity contribution in [3.63, 3.8) is 0 Å². The average molecular weight is 642 g/mol. The van der Waals surface area contributed by atoms with Crippen LogP contribution in [0.15, 0.2) is 36.4 Å². The number of benzene rings is 1. The summed E-state index contributed by atoms with van der Waals surface area (Å²) in [6.07, 6.45) is 14.7. The van der Waals surface area contributed by atoms with E-state index in [-0.39, 0.29) is 49.3 Å². The number of hydrogen-bond donors (Lipinski definition) is 0. The number of ether oxygens (including phenoxy) is 2. The van der Waals surface area contributed by atoms with Gasteiger partial charge in [0.2, 0.25) is 0 Å². The second-order valence-electron chi connectivity index (χ2n) is 13.5. The van der Waals surface area contributed by atoms with E-state index in [9.17, 15) is 5.11 Å². The summed E-state index contributed by atoms with van der Waals surface area (Å²) in [4.78, 5) is 2.22. The van der Waals surface area contributed by atoms with Gasteiger partial charge in [-0.2, -0.15) is 0 Å². The Hall–Kier alpha value is -0.299. The second-order valence-corrected chi connectivity index (χ2v) is 18.6. The van der Waals surface area contributed by atoms with Crippen LogP contribution in [-0.2, 0) is 59.6 Å². The van der Waals surface area contributed by atoms with Crippen LogP contribution in [0.1, 0.15) is 58.2 Å². The minimum atomic E-state index is -0.861. The van der Waals surface area contributed by atoms with Gasteiger partial charge in [-0.15, -0.1) is 13.8 Å². The van der Waals surface area contributed by atoms with Crippen LogP contribution in [0.3, 0.4) is 0 Å². The van der Waals surface area contributed by atoms with Gasteiger partial charge in [0.15, 0.2) is 0 Å². The van der Waals surface area contributed by atoms with E-state index in [1.807, 2.05) is 0 Å². The van der Waals surface area contributed by atoms with Crippen LogP contribution < -0.4 is 5.11 Å². The van der Waals surface area contributed by atoms with E-state index < -0.39 is 8.07 Å². The third-order valence-electron chi connectivity index (χ3n) is 6.00. The zero-order valence-electron chi connectivity index (χ0n) is 27.2. The van der Waals surface area contributed by atoms with Crippen molar-refractivity contribution >= 4 is 8.07 Å². The van der Waals surface area contributed by atoms with Crippen LogP contribution in [0.2, 0.25) is 19.6 Å². The van der Waals surface area contributed by atoms with Crippen LogP contribution in [0.25, 0.3) is 0 Å². The molecule has 0 N–H and O–H groups in total. The van der Waals surface area contributed by atoms with E-state index in [1.54, 1.807) is 14.2 Å². The van der Waals surface area contributed by atoms with Crippen molar-refractivity contribution in [1.82, 2.24) is 4.90 Å². The molecule has 0 heterocycles. The number of nitrogens with zero attached hydrogens (tertiary/aromatic N) is 1. The Balaban J connectivity index is 0.000000820. The molecule has 6 heteroatoms. The molecule has 0 saturated heterocycles. The third kappa shape index (κ3) is 15.8. The van der Waals surface area contributed by atoms with Crippen LogP contribution >= 0.6 is 0 Å². The molecule has 1 saturated carbocycles. The summed E-state index contributed by atoms with van der Waals surface area (Å²) in [6.45, 7) is 26.9. The molecule has 2 aliphatic carbocycles. The third-order valence-corrected chi connectivity index (χ3v) is 6.00. The standard InChI is InChI=1S/C21H37NO3.C9H7.C4H11Si.Y/c1-20(2,3)17-13-16(19(23)18(14-17)21(4,5)6)15-22(9-11-24-7)10-12-25-8;1-2-5-9-7-3-6-8(9)4-1;1-5(2,3)4;/h13-14,23H,9-12,15H2,1-8H3;1-7H;1H2,2-4H3;/q;;-1;+3/p-1. The molecule has 3 rings (SSSR count). The van der Waals surface area contributed by atoms with Crippen molar-refractivity contribution in [3.8, 4) is 5.75 Å². The quantitative estimate of drug-likeness (QED) is 0.226. The van der Waals surface area contributed by atoms with Gasteiger partial charge in [-0.3, -0.25) is 4.90 Å². The molecule has 0 atom stereocenters. The van der Waals surface area contributed by atoms with E-state index in [2.05, 4.69) is 128 Å². The summed E-state index contributed by atoms with van der Waals surface area (Å²) < 4.78 is 10.4. The molecule has 4 nitrogen and oxygen atoms in total. The summed E-state index contributed by atoms with van der Waals surface area (Å²) in [5, 5.41) is 13.1. The number of rotatable bonds is 8. The van der Waals surface area contributed by atoms with Crippen LogP contribution in [-0.4, -0.2) is 53.5 Å². The average Bonchev–Trinajstić information content (AvgIpc) is 3.28. The Bertz CT molecular complexity index is 877. The topological polar surface area (TPSA) is 44.8 Å². The molecule has 1 aromatic rings. The molecule has 0 bridgehead atoms. The Morgan fingerprint density at radius 1 is 0.825 bits per heavy atom. The minimum Gasteiger partial charge on any atom is -0.872 e. The van der Waals surface area contributed by atoms with Gasteiger partial charge in [0.25, 0.3) is 0 Å². The zero-order chi connectivity index (χ0) is 29.9. The van der Waals surface area contributed by atoms with Gasteiger partial charge >= 0.3 is 32.7 Å². The summed E-state index contributed by atoms with van der Waals surface area (Å²) in [7, 11) is 2.54. The van der Waals surface area contributed by atoms with Crippen LogP contribution in [0.4, 0.5) is 0 Å². The predicted octanol–water partition coefficient (Wildman–Crippen LogP) is 7.03. The van der Waals surface area contributed by atoms with E-state index in [0.29, 0.717) is 19.8 Å². The maximum atomic E-state index is 13.1. The zero-order valence-corrected chi connectivity index (χ0v) is 31.0. The summed E-state index contributed by atoms with van der Waals surface area (Å²) in [5.41, 5.74) is 2.81. The van der Waals surface area contributed by atoms with Crippen molar-refractivity contribution in [2.24, 2.45) is 0 Å². The molecule has 0 amide bonds. The molecule has 5 radical (unpaired) electrons. The number of allylic oxidation sites excluding steroid dienone is 4. The molecular formula is C34H54NO3SiY+. The molecule has 0 spiro atoms. The smallest absolute Gasteiger partial charge is 0.872 e. The van der Waals surface area contributed by atoms with Crippen molar-refractivity contribution in [2.45, 2.75) is 78.6 Å². The van der Waals surface area contributed by atoms with E-state index >= 15 is 0 Å². The van der Waals surface area contributed by atoms with Crippen LogP contribution in [0.5, 0.6) is 5.75 Å². The van der Waals surface area contributed by atoms with Gasteiger partial charge in [0.1, 0.15) is 0 Å². The largest absolute Gasteiger partial charge is 3.00 e. The Morgan fingerprint density at radius 3 is 1.65 bits per heavy atom. The van der Waals surface area contributed by atoms with E-state index in [4.69, 9.17) is 9.47 Å². The van der Waals surface area contributed by atoms with Crippen molar-refractivity contribution < 1.29 is 47.3 Å². The normalized spacial score (nSPS) is 15.6. The van der Waals surface area contributed by atoms with Gasteiger partial charge in [0.05, 0.1) is 13.2 Å². The minimum absolute atomic E-state index is 0. The fourth-order valence-electron chi connectivity index (χ4n) is 3.82. The number of methoxy groups -OCH3 is 2. The second kappa shape index (κ2) is 18.4. The first-order valence-corrected chi connectivity index (χ1v) is 17.7. The summed E-state index contributed by atoms with van der Waals surface area (Å²) in [6, 6.07) is 4.19. The maximum Gasteiger partial charge on any atom is 3.00 e. The van der Waals surface area contributed by atoms with Gasteiger partial charge in [-0.1, -0.05) is 97.6 Å². The van der Waals surface area contributed by atoms with Gasteiger partial charge in [-0.05, 0) is 46.8 Å².